The summed E-state index contributed by atoms with van der Waals surface area (Å²) in [5, 5.41) is 12.2. The van der Waals surface area contributed by atoms with E-state index >= 15 is 0 Å². The van der Waals surface area contributed by atoms with E-state index in [2.05, 4.69) is 82.1 Å². The number of aryl methyl sites for hydroxylation is 4. The second-order valence-corrected chi connectivity index (χ2v) is 10.6. The molecule has 1 aliphatic heterocycles. The van der Waals surface area contributed by atoms with Crippen molar-refractivity contribution in [2.45, 2.75) is 46.2 Å². The number of benzene rings is 3. The molecule has 2 N–H and O–H groups in total. The molecule has 5 aromatic rings. The Hall–Kier alpha value is -4.10. The van der Waals surface area contributed by atoms with E-state index in [9.17, 15) is 0 Å². The van der Waals surface area contributed by atoms with Gasteiger partial charge in [-0.15, -0.1) is 0 Å². The zero-order valence-corrected chi connectivity index (χ0v) is 23.4. The van der Waals surface area contributed by atoms with E-state index in [-0.39, 0.29) is 0 Å². The van der Waals surface area contributed by atoms with Crippen LogP contribution in [-0.2, 0) is 19.5 Å². The van der Waals surface area contributed by atoms with Crippen molar-refractivity contribution in [1.82, 2.24) is 14.2 Å². The highest BCUT2D eigenvalue weighted by molar-refractivity contribution is 7.81. The fourth-order valence-electron chi connectivity index (χ4n) is 5.46. The Kier molecular flexibility index (Phi) is 6.83. The number of methoxy groups -OCH3 is 1. The highest BCUT2D eigenvalue weighted by Crippen LogP contribution is 2.38. The Labute approximate surface area is 234 Å². The van der Waals surface area contributed by atoms with Crippen molar-refractivity contribution >= 4 is 34.2 Å². The molecule has 0 bridgehead atoms. The van der Waals surface area contributed by atoms with Gasteiger partial charge in [-0.2, -0.15) is 5.10 Å². The number of nitrogens with one attached hydrogen (secondary N) is 2. The van der Waals surface area contributed by atoms with Crippen LogP contribution >= 0.6 is 12.2 Å². The number of ether oxygens (including phenoxy) is 1. The lowest BCUT2D eigenvalue weighted by Crippen LogP contribution is -2.15. The first-order valence-electron chi connectivity index (χ1n) is 13.5. The fraction of sp³-hybridized carbons (Fsp3) is 0.250. The lowest BCUT2D eigenvalue weighted by Gasteiger charge is -2.14. The quantitative estimate of drug-likeness (QED) is 0.217. The van der Waals surface area contributed by atoms with E-state index in [1.165, 1.54) is 22.3 Å². The molecule has 6 rings (SSSR count). The maximum Gasteiger partial charge on any atom is 0.150 e. The molecule has 0 amide bonds. The van der Waals surface area contributed by atoms with Crippen LogP contribution in [0.2, 0.25) is 0 Å². The van der Waals surface area contributed by atoms with Crippen LogP contribution in [0.15, 0.2) is 72.8 Å². The van der Waals surface area contributed by atoms with Gasteiger partial charge in [-0.3, -0.25) is 0 Å². The van der Waals surface area contributed by atoms with Crippen LogP contribution in [-0.4, -0.2) is 26.3 Å². The summed E-state index contributed by atoms with van der Waals surface area (Å²) in [5.74, 6) is 1.75. The van der Waals surface area contributed by atoms with Gasteiger partial charge in [0.05, 0.1) is 19.3 Å². The number of thiocarbonyl (C=S) groups is 1. The predicted molar refractivity (Wildman–Crippen MR) is 163 cm³/mol. The summed E-state index contributed by atoms with van der Waals surface area (Å²) in [5.41, 5.74) is 10.1. The monoisotopic (exact) mass is 535 g/mol. The molecule has 0 radical (unpaired) electrons. The van der Waals surface area contributed by atoms with E-state index in [0.717, 1.165) is 65.7 Å². The van der Waals surface area contributed by atoms with Crippen LogP contribution in [0.25, 0.3) is 16.8 Å². The summed E-state index contributed by atoms with van der Waals surface area (Å²) < 4.78 is 10.1. The van der Waals surface area contributed by atoms with E-state index in [0.29, 0.717) is 11.5 Å². The van der Waals surface area contributed by atoms with Crippen molar-refractivity contribution in [3.63, 3.8) is 0 Å². The molecule has 0 saturated heterocycles. The summed E-state index contributed by atoms with van der Waals surface area (Å²) in [7, 11) is 1.68. The maximum absolute atomic E-state index is 6.12. The van der Waals surface area contributed by atoms with Gasteiger partial charge in [-0.1, -0.05) is 71.9 Å². The zero-order valence-electron chi connectivity index (χ0n) is 22.6. The summed E-state index contributed by atoms with van der Waals surface area (Å²) >= 11 is 6.12. The Balaban J connectivity index is 1.49. The minimum Gasteiger partial charge on any atom is -0.495 e. The molecule has 3 aromatic carbocycles. The molecule has 1 aliphatic rings. The van der Waals surface area contributed by atoms with Crippen molar-refractivity contribution in [2.24, 2.45) is 0 Å². The van der Waals surface area contributed by atoms with Crippen molar-refractivity contribution in [1.29, 1.82) is 0 Å². The molecule has 0 saturated carbocycles. The molecule has 39 heavy (non-hydrogen) atoms. The first-order valence-corrected chi connectivity index (χ1v) is 13.9. The lowest BCUT2D eigenvalue weighted by molar-refractivity contribution is 0.417. The number of hydrogen-bond acceptors (Lipinski definition) is 4. The second kappa shape index (κ2) is 10.6. The summed E-state index contributed by atoms with van der Waals surface area (Å²) in [6.07, 6.45) is 3.22. The van der Waals surface area contributed by atoms with Gasteiger partial charge in [0.2, 0.25) is 0 Å². The third-order valence-electron chi connectivity index (χ3n) is 7.47. The van der Waals surface area contributed by atoms with E-state index in [4.69, 9.17) is 22.1 Å². The van der Waals surface area contributed by atoms with Gasteiger partial charge in [0.1, 0.15) is 22.1 Å². The van der Waals surface area contributed by atoms with Gasteiger partial charge in [0.25, 0.3) is 0 Å². The highest BCUT2D eigenvalue weighted by atomic mass is 32.1. The molecular weight excluding hydrogens is 502 g/mol. The molecule has 0 aliphatic carbocycles. The van der Waals surface area contributed by atoms with Gasteiger partial charge in [-0.05, 0) is 62.9 Å². The van der Waals surface area contributed by atoms with Crippen LogP contribution in [0.4, 0.5) is 11.4 Å². The third-order valence-corrected chi connectivity index (χ3v) is 7.77. The number of anilines is 2. The molecule has 6 nitrogen and oxygen atoms in total. The zero-order chi connectivity index (χ0) is 26.9. The minimum absolute atomic E-state index is 0.625. The average Bonchev–Trinajstić information content (AvgIpc) is 3.35. The number of rotatable bonds is 7. The second-order valence-electron chi connectivity index (χ2n) is 10.2. The Morgan fingerprint density at radius 2 is 1.67 bits per heavy atom. The Bertz CT molecular complexity index is 1650. The molecule has 0 atom stereocenters. The van der Waals surface area contributed by atoms with Crippen LogP contribution in [0, 0.1) is 13.8 Å². The molecule has 0 spiro atoms. The molecule has 2 aromatic heterocycles. The van der Waals surface area contributed by atoms with Crippen molar-refractivity contribution in [2.75, 3.05) is 17.7 Å². The Morgan fingerprint density at radius 3 is 2.41 bits per heavy atom. The van der Waals surface area contributed by atoms with E-state index < -0.39 is 0 Å². The lowest BCUT2D eigenvalue weighted by atomic mass is 9.97. The topological polar surface area (TPSA) is 55.5 Å². The van der Waals surface area contributed by atoms with Gasteiger partial charge >= 0.3 is 0 Å². The number of para-hydroxylation sites is 2. The molecule has 3 heterocycles. The molecular formula is C32H33N5OS. The average molecular weight is 536 g/mol. The Morgan fingerprint density at radius 1 is 0.949 bits per heavy atom. The molecule has 7 heteroatoms. The van der Waals surface area contributed by atoms with Crippen LogP contribution in [0.3, 0.4) is 0 Å². The van der Waals surface area contributed by atoms with Crippen molar-refractivity contribution in [3.8, 4) is 16.9 Å². The normalized spacial score (nSPS) is 12.8. The summed E-state index contributed by atoms with van der Waals surface area (Å²) in [4.78, 5) is 0.625. The van der Waals surface area contributed by atoms with E-state index in [1.54, 1.807) is 7.11 Å². The van der Waals surface area contributed by atoms with Gasteiger partial charge in [-0.25, -0.2) is 4.52 Å². The van der Waals surface area contributed by atoms with Crippen molar-refractivity contribution < 1.29 is 4.74 Å². The minimum atomic E-state index is 0.625. The number of hydrogen-bond donors (Lipinski definition) is 2. The predicted octanol–water partition coefficient (Wildman–Crippen LogP) is 7.16. The van der Waals surface area contributed by atoms with Crippen molar-refractivity contribution in [3.05, 3.63) is 101 Å². The van der Waals surface area contributed by atoms with Gasteiger partial charge in [0, 0.05) is 23.4 Å². The van der Waals surface area contributed by atoms with Crippen LogP contribution in [0.5, 0.6) is 5.75 Å². The fourth-order valence-corrected chi connectivity index (χ4v) is 5.76. The SMILES string of the molecule is COc1ccccc1NC(=S)c1c(-c2ccc(C)cc2)c2c3n(c(CNc4ccc(C)cc4)nn13)CCCC2. The first-order chi connectivity index (χ1) is 19.0. The van der Waals surface area contributed by atoms with Gasteiger partial charge in [0.15, 0.2) is 5.82 Å². The first kappa shape index (κ1) is 25.2. The molecule has 0 unspecified atom stereocenters. The maximum atomic E-state index is 6.12. The van der Waals surface area contributed by atoms with Crippen LogP contribution < -0.4 is 15.4 Å². The van der Waals surface area contributed by atoms with Gasteiger partial charge < -0.3 is 19.9 Å². The number of nitrogens with zero attached hydrogens (tertiary/aromatic N) is 3. The molecule has 198 valence electrons. The number of aromatic nitrogens is 3. The summed E-state index contributed by atoms with van der Waals surface area (Å²) in [6.45, 7) is 5.79. The smallest absolute Gasteiger partial charge is 0.150 e. The molecule has 0 fully saturated rings. The largest absolute Gasteiger partial charge is 0.495 e. The van der Waals surface area contributed by atoms with Crippen LogP contribution in [0.1, 0.15) is 41.1 Å². The summed E-state index contributed by atoms with van der Waals surface area (Å²) in [6, 6.07) is 25.1. The third kappa shape index (κ3) is 4.79. The highest BCUT2D eigenvalue weighted by Gasteiger charge is 2.29. The van der Waals surface area contributed by atoms with E-state index in [1.807, 2.05) is 24.3 Å². The standard InChI is InChI=1S/C32H33N5OS/c1-21-11-15-23(16-12-21)29-25-8-6-7-19-36-28(20-33-24-17-13-22(2)14-18-24)35-37(32(25)36)30(29)31(39)34-26-9-4-5-10-27(26)38-3/h4-5,9-18,33H,6-8,19-20H2,1-3H3,(H,34,39).